The van der Waals surface area contributed by atoms with Crippen LogP contribution in [0.4, 0.5) is 5.69 Å². The first-order valence-corrected chi connectivity index (χ1v) is 4.05. The third-order valence-electron chi connectivity index (χ3n) is 1.85. The Hall–Kier alpha value is -0.990. The van der Waals surface area contributed by atoms with Crippen LogP contribution in [0.2, 0.25) is 0 Å². The standard InChI is InChI=1S/C8H15N3/c1-3-7(2)4-9-8-5-10-11-6-8/h5-7,9H,3-4H2,1-2H3,(H,10,11). The van der Waals surface area contributed by atoms with Crippen molar-refractivity contribution in [3.8, 4) is 0 Å². The Morgan fingerprint density at radius 2 is 2.55 bits per heavy atom. The normalized spacial score (nSPS) is 12.9. The van der Waals surface area contributed by atoms with E-state index in [2.05, 4.69) is 29.4 Å². The number of hydrogen-bond donors (Lipinski definition) is 2. The first-order chi connectivity index (χ1) is 5.33. The number of aromatic nitrogens is 2. The molecule has 0 amide bonds. The van der Waals surface area contributed by atoms with E-state index in [9.17, 15) is 0 Å². The van der Waals surface area contributed by atoms with Crippen LogP contribution in [0.25, 0.3) is 0 Å². The summed E-state index contributed by atoms with van der Waals surface area (Å²) in [6, 6.07) is 0. The van der Waals surface area contributed by atoms with Gasteiger partial charge in [0, 0.05) is 12.7 Å². The molecule has 0 aliphatic rings. The van der Waals surface area contributed by atoms with Gasteiger partial charge in [0.25, 0.3) is 0 Å². The minimum absolute atomic E-state index is 0.727. The second-order valence-corrected chi connectivity index (χ2v) is 2.88. The number of aromatic amines is 1. The molecular formula is C8H15N3. The highest BCUT2D eigenvalue weighted by Crippen LogP contribution is 2.05. The zero-order valence-corrected chi connectivity index (χ0v) is 7.09. The molecule has 3 nitrogen and oxygen atoms in total. The lowest BCUT2D eigenvalue weighted by atomic mass is 10.1. The van der Waals surface area contributed by atoms with Crippen LogP contribution in [0.3, 0.4) is 0 Å². The monoisotopic (exact) mass is 153 g/mol. The van der Waals surface area contributed by atoms with Crippen LogP contribution in [0.15, 0.2) is 12.4 Å². The Balaban J connectivity index is 2.23. The van der Waals surface area contributed by atoms with Gasteiger partial charge < -0.3 is 5.32 Å². The third-order valence-corrected chi connectivity index (χ3v) is 1.85. The van der Waals surface area contributed by atoms with E-state index in [4.69, 9.17) is 0 Å². The molecule has 1 aromatic rings. The van der Waals surface area contributed by atoms with Crippen LogP contribution in [-0.4, -0.2) is 16.7 Å². The molecule has 0 aliphatic heterocycles. The predicted octanol–water partition coefficient (Wildman–Crippen LogP) is 1.87. The van der Waals surface area contributed by atoms with Gasteiger partial charge in [-0.1, -0.05) is 20.3 Å². The molecular weight excluding hydrogens is 138 g/mol. The maximum atomic E-state index is 3.84. The number of H-pyrrole nitrogens is 1. The highest BCUT2D eigenvalue weighted by Gasteiger charge is 1.97. The lowest BCUT2D eigenvalue weighted by Crippen LogP contribution is -2.09. The molecule has 62 valence electrons. The van der Waals surface area contributed by atoms with Gasteiger partial charge in [0.15, 0.2) is 0 Å². The molecule has 1 atom stereocenters. The fourth-order valence-corrected chi connectivity index (χ4v) is 0.784. The molecule has 0 spiro atoms. The number of nitrogens with zero attached hydrogens (tertiary/aromatic N) is 1. The van der Waals surface area contributed by atoms with Gasteiger partial charge in [-0.25, -0.2) is 0 Å². The largest absolute Gasteiger partial charge is 0.382 e. The van der Waals surface area contributed by atoms with Gasteiger partial charge in [-0.3, -0.25) is 5.10 Å². The van der Waals surface area contributed by atoms with Crippen LogP contribution in [0.1, 0.15) is 20.3 Å². The molecule has 11 heavy (non-hydrogen) atoms. The molecule has 0 bridgehead atoms. The molecule has 1 rings (SSSR count). The minimum atomic E-state index is 0.727. The van der Waals surface area contributed by atoms with E-state index in [1.54, 1.807) is 6.20 Å². The van der Waals surface area contributed by atoms with Crippen LogP contribution in [0, 0.1) is 5.92 Å². The summed E-state index contributed by atoms with van der Waals surface area (Å²) in [6.07, 6.45) is 4.87. The fraction of sp³-hybridized carbons (Fsp3) is 0.625. The van der Waals surface area contributed by atoms with E-state index in [1.165, 1.54) is 6.42 Å². The molecule has 1 unspecified atom stereocenters. The highest BCUT2D eigenvalue weighted by atomic mass is 15.1. The van der Waals surface area contributed by atoms with Crippen molar-refractivity contribution in [2.75, 3.05) is 11.9 Å². The van der Waals surface area contributed by atoms with Crippen molar-refractivity contribution in [2.45, 2.75) is 20.3 Å². The number of nitrogens with one attached hydrogen (secondary N) is 2. The smallest absolute Gasteiger partial charge is 0.0723 e. The van der Waals surface area contributed by atoms with E-state index < -0.39 is 0 Å². The van der Waals surface area contributed by atoms with Crippen molar-refractivity contribution in [1.29, 1.82) is 0 Å². The summed E-state index contributed by atoms with van der Waals surface area (Å²) < 4.78 is 0. The van der Waals surface area contributed by atoms with Gasteiger partial charge in [0.1, 0.15) is 0 Å². The summed E-state index contributed by atoms with van der Waals surface area (Å²) in [5, 5.41) is 9.88. The lowest BCUT2D eigenvalue weighted by molar-refractivity contribution is 0.593. The van der Waals surface area contributed by atoms with Crippen molar-refractivity contribution in [2.24, 2.45) is 5.92 Å². The van der Waals surface area contributed by atoms with Crippen molar-refractivity contribution in [3.63, 3.8) is 0 Å². The molecule has 0 aliphatic carbocycles. The summed E-state index contributed by atoms with van der Waals surface area (Å²) in [5.74, 6) is 0.727. The molecule has 1 heterocycles. The Morgan fingerprint density at radius 1 is 1.73 bits per heavy atom. The Labute approximate surface area is 67.2 Å². The van der Waals surface area contributed by atoms with Gasteiger partial charge >= 0.3 is 0 Å². The predicted molar refractivity (Wildman–Crippen MR) is 46.5 cm³/mol. The second-order valence-electron chi connectivity index (χ2n) is 2.88. The van der Waals surface area contributed by atoms with Crippen molar-refractivity contribution >= 4 is 5.69 Å². The van der Waals surface area contributed by atoms with E-state index in [-0.39, 0.29) is 0 Å². The van der Waals surface area contributed by atoms with E-state index in [1.807, 2.05) is 6.20 Å². The van der Waals surface area contributed by atoms with Gasteiger partial charge in [-0.05, 0) is 5.92 Å². The Morgan fingerprint density at radius 3 is 3.09 bits per heavy atom. The summed E-state index contributed by atoms with van der Waals surface area (Å²) in [4.78, 5) is 0. The molecule has 0 radical (unpaired) electrons. The first kappa shape index (κ1) is 8.11. The van der Waals surface area contributed by atoms with E-state index in [0.717, 1.165) is 18.2 Å². The van der Waals surface area contributed by atoms with Gasteiger partial charge in [0.2, 0.25) is 0 Å². The molecule has 0 fully saturated rings. The average Bonchev–Trinajstić information content (AvgIpc) is 2.52. The molecule has 1 aromatic heterocycles. The summed E-state index contributed by atoms with van der Waals surface area (Å²) in [6.45, 7) is 5.45. The van der Waals surface area contributed by atoms with Crippen molar-refractivity contribution in [1.82, 2.24) is 10.2 Å². The van der Waals surface area contributed by atoms with Crippen LogP contribution in [0.5, 0.6) is 0 Å². The van der Waals surface area contributed by atoms with Crippen molar-refractivity contribution < 1.29 is 0 Å². The average molecular weight is 153 g/mol. The molecule has 0 saturated carbocycles. The minimum Gasteiger partial charge on any atom is -0.382 e. The molecule has 0 saturated heterocycles. The van der Waals surface area contributed by atoms with Crippen molar-refractivity contribution in [3.05, 3.63) is 12.4 Å². The quantitative estimate of drug-likeness (QED) is 0.693. The summed E-state index contributed by atoms with van der Waals surface area (Å²) in [5.41, 5.74) is 1.07. The van der Waals surface area contributed by atoms with Crippen LogP contribution < -0.4 is 5.32 Å². The van der Waals surface area contributed by atoms with Gasteiger partial charge in [-0.2, -0.15) is 5.10 Å². The number of rotatable bonds is 4. The summed E-state index contributed by atoms with van der Waals surface area (Å²) in [7, 11) is 0. The Kier molecular flexibility index (Phi) is 2.95. The third kappa shape index (κ3) is 2.62. The fourth-order valence-electron chi connectivity index (χ4n) is 0.784. The zero-order chi connectivity index (χ0) is 8.10. The Bertz CT molecular complexity index is 181. The molecule has 2 N–H and O–H groups in total. The molecule has 0 aromatic carbocycles. The number of anilines is 1. The topological polar surface area (TPSA) is 40.7 Å². The van der Waals surface area contributed by atoms with E-state index in [0.29, 0.717) is 0 Å². The van der Waals surface area contributed by atoms with Crippen LogP contribution in [-0.2, 0) is 0 Å². The second kappa shape index (κ2) is 4.01. The SMILES string of the molecule is CCC(C)CNc1cn[nH]c1. The maximum Gasteiger partial charge on any atom is 0.0723 e. The number of hydrogen-bond acceptors (Lipinski definition) is 2. The highest BCUT2D eigenvalue weighted by molar-refractivity contribution is 5.37. The lowest BCUT2D eigenvalue weighted by Gasteiger charge is -2.08. The van der Waals surface area contributed by atoms with E-state index >= 15 is 0 Å². The summed E-state index contributed by atoms with van der Waals surface area (Å²) >= 11 is 0. The van der Waals surface area contributed by atoms with Gasteiger partial charge in [0.05, 0.1) is 11.9 Å². The zero-order valence-electron chi connectivity index (χ0n) is 7.09. The first-order valence-electron chi connectivity index (χ1n) is 4.05. The van der Waals surface area contributed by atoms with Crippen LogP contribution >= 0.6 is 0 Å². The molecule has 3 heteroatoms. The maximum absolute atomic E-state index is 3.84. The van der Waals surface area contributed by atoms with Gasteiger partial charge in [-0.15, -0.1) is 0 Å².